The first kappa shape index (κ1) is 12.8. The Kier molecular flexibility index (Phi) is 3.03. The molecule has 0 aliphatic carbocycles. The molecule has 0 bridgehead atoms. The molecule has 2 aliphatic heterocycles. The molecule has 0 saturated carbocycles. The number of nitrogens with two attached hydrogens (primary N) is 2. The van der Waals surface area contributed by atoms with Crippen molar-refractivity contribution in [2.24, 2.45) is 11.5 Å². The molecule has 2 amide bonds. The van der Waals surface area contributed by atoms with E-state index in [4.69, 9.17) is 16.6 Å². The Hall–Kier alpha value is -1.61. The molecular weight excluding hydrogens is 262 g/mol. The van der Waals surface area contributed by atoms with Gasteiger partial charge in [0, 0.05) is 6.54 Å². The maximum atomic E-state index is 11.7. The predicted molar refractivity (Wildman–Crippen MR) is 63.9 cm³/mol. The van der Waals surface area contributed by atoms with E-state index in [1.165, 1.54) is 4.90 Å². The number of β-lactam (4-membered cyclic amide) rings is 1. The molecule has 0 aromatic rings. The largest absolute Gasteiger partial charge is 0.479 e. The van der Waals surface area contributed by atoms with Crippen LogP contribution in [-0.4, -0.2) is 56.7 Å². The summed E-state index contributed by atoms with van der Waals surface area (Å²) in [5.74, 6) is -1.38. The number of carboxylic acid groups (broad SMARTS) is 1. The summed E-state index contributed by atoms with van der Waals surface area (Å²) in [6, 6.07) is 0. The Balaban J connectivity index is 2.33. The zero-order valence-electron chi connectivity index (χ0n) is 9.42. The number of hydrogen-bond donors (Lipinski definition) is 3. The van der Waals surface area contributed by atoms with Crippen LogP contribution in [0.4, 0.5) is 4.79 Å². The average Bonchev–Trinajstić information content (AvgIpc) is 2.34. The molecule has 0 spiro atoms. The smallest absolute Gasteiger partial charge is 0.405 e. The Morgan fingerprint density at radius 3 is 2.78 bits per heavy atom. The SMILES string of the molecule is NC(=O)OCS1=C2N(CCC1)C(=O)C2(N)C(=O)O. The molecule has 2 atom stereocenters. The topological polar surface area (TPSA) is 136 Å². The van der Waals surface area contributed by atoms with E-state index in [1.807, 2.05) is 0 Å². The minimum atomic E-state index is -1.97. The second-order valence-corrected chi connectivity index (χ2v) is 6.02. The fourth-order valence-corrected chi connectivity index (χ4v) is 4.34. The average molecular weight is 275 g/mol. The number of carbonyl (C=O) groups excluding carboxylic acids is 2. The first-order chi connectivity index (χ1) is 8.39. The van der Waals surface area contributed by atoms with Gasteiger partial charge < -0.3 is 26.2 Å². The number of rotatable bonds is 3. The molecule has 2 unspecified atom stereocenters. The van der Waals surface area contributed by atoms with Gasteiger partial charge in [0.15, 0.2) is 0 Å². The van der Waals surface area contributed by atoms with Gasteiger partial charge in [-0.2, -0.15) is 0 Å². The maximum absolute atomic E-state index is 11.7. The molecule has 2 aliphatic rings. The second kappa shape index (κ2) is 4.25. The quantitative estimate of drug-likeness (QED) is 0.324. The van der Waals surface area contributed by atoms with Gasteiger partial charge >= 0.3 is 12.1 Å². The minimum absolute atomic E-state index is 0.0271. The normalized spacial score (nSPS) is 30.5. The highest BCUT2D eigenvalue weighted by Gasteiger charge is 2.62. The number of amides is 2. The van der Waals surface area contributed by atoms with Crippen LogP contribution in [0.15, 0.2) is 0 Å². The predicted octanol–water partition coefficient (Wildman–Crippen LogP) is -1.53. The van der Waals surface area contributed by atoms with Crippen molar-refractivity contribution in [2.75, 3.05) is 18.2 Å². The van der Waals surface area contributed by atoms with Gasteiger partial charge in [-0.05, 0) is 12.2 Å². The van der Waals surface area contributed by atoms with E-state index >= 15 is 0 Å². The monoisotopic (exact) mass is 275 g/mol. The van der Waals surface area contributed by atoms with Crippen LogP contribution in [0.5, 0.6) is 0 Å². The highest BCUT2D eigenvalue weighted by atomic mass is 32.2. The van der Waals surface area contributed by atoms with Crippen molar-refractivity contribution in [3.05, 3.63) is 0 Å². The summed E-state index contributed by atoms with van der Waals surface area (Å²) in [6.07, 6.45) is -0.209. The molecule has 2 heterocycles. The number of carboxylic acids is 1. The molecule has 8 nitrogen and oxygen atoms in total. The molecule has 0 radical (unpaired) electrons. The number of ether oxygens (including phenoxy) is 1. The van der Waals surface area contributed by atoms with Crippen molar-refractivity contribution in [2.45, 2.75) is 12.0 Å². The van der Waals surface area contributed by atoms with E-state index in [0.717, 1.165) is 6.42 Å². The number of carbonyl (C=O) groups is 3. The highest BCUT2D eigenvalue weighted by molar-refractivity contribution is 8.16. The standard InChI is InChI=1S/C9H13N3O5S/c10-8(16)17-4-18-3-1-2-12-5(13)9(11,6(12)18)7(14)15/h1-4,11H2,(H2,10,16)(H,14,15). The number of nitrogens with zero attached hydrogens (tertiary/aromatic N) is 1. The Morgan fingerprint density at radius 1 is 1.56 bits per heavy atom. The summed E-state index contributed by atoms with van der Waals surface area (Å²) in [6.45, 7) is 0.459. The summed E-state index contributed by atoms with van der Waals surface area (Å²) >= 11 is 0. The van der Waals surface area contributed by atoms with Crippen molar-refractivity contribution in [1.29, 1.82) is 0 Å². The van der Waals surface area contributed by atoms with Crippen molar-refractivity contribution < 1.29 is 24.2 Å². The third-order valence-corrected chi connectivity index (χ3v) is 5.16. The molecule has 5 N–H and O–H groups in total. The van der Waals surface area contributed by atoms with Crippen molar-refractivity contribution in [1.82, 2.24) is 4.90 Å². The lowest BCUT2D eigenvalue weighted by Gasteiger charge is -2.49. The summed E-state index contributed by atoms with van der Waals surface area (Å²) in [5, 5.41) is 9.08. The maximum Gasteiger partial charge on any atom is 0.405 e. The van der Waals surface area contributed by atoms with Gasteiger partial charge in [0.2, 0.25) is 5.54 Å². The molecule has 18 heavy (non-hydrogen) atoms. The highest BCUT2D eigenvalue weighted by Crippen LogP contribution is 2.37. The van der Waals surface area contributed by atoms with Crippen LogP contribution in [0, 0.1) is 0 Å². The van der Waals surface area contributed by atoms with Gasteiger partial charge in [-0.25, -0.2) is 9.59 Å². The number of primary amides is 1. The molecule has 0 aromatic carbocycles. The lowest BCUT2D eigenvalue weighted by Crippen LogP contribution is -2.80. The minimum Gasteiger partial charge on any atom is -0.479 e. The number of aliphatic carboxylic acids is 1. The molecule has 9 heteroatoms. The fraction of sp³-hybridized carbons (Fsp3) is 0.556. The second-order valence-electron chi connectivity index (χ2n) is 4.01. The lowest BCUT2D eigenvalue weighted by atomic mass is 9.89. The molecule has 0 aromatic heterocycles. The van der Waals surface area contributed by atoms with Crippen LogP contribution >= 0.6 is 10.5 Å². The van der Waals surface area contributed by atoms with Gasteiger partial charge in [0.1, 0.15) is 5.94 Å². The summed E-state index contributed by atoms with van der Waals surface area (Å²) in [7, 11) is -0.671. The van der Waals surface area contributed by atoms with E-state index in [-0.39, 0.29) is 5.94 Å². The Labute approximate surface area is 105 Å². The van der Waals surface area contributed by atoms with Crippen molar-refractivity contribution in [3.8, 4) is 0 Å². The summed E-state index contributed by atoms with van der Waals surface area (Å²) in [4.78, 5) is 35.1. The van der Waals surface area contributed by atoms with E-state index in [0.29, 0.717) is 17.3 Å². The van der Waals surface area contributed by atoms with Crippen LogP contribution < -0.4 is 11.5 Å². The zero-order chi connectivity index (χ0) is 13.5. The van der Waals surface area contributed by atoms with Crippen LogP contribution in [-0.2, 0) is 14.3 Å². The Morgan fingerprint density at radius 2 is 2.22 bits per heavy atom. The fourth-order valence-electron chi connectivity index (χ4n) is 2.06. The molecule has 100 valence electrons. The van der Waals surface area contributed by atoms with Crippen LogP contribution in [0.2, 0.25) is 0 Å². The van der Waals surface area contributed by atoms with Gasteiger partial charge in [-0.3, -0.25) is 4.79 Å². The van der Waals surface area contributed by atoms with Crippen molar-refractivity contribution in [3.63, 3.8) is 0 Å². The van der Waals surface area contributed by atoms with E-state index in [2.05, 4.69) is 4.74 Å². The molecule has 1 saturated heterocycles. The van der Waals surface area contributed by atoms with Crippen molar-refractivity contribution >= 4 is 33.4 Å². The zero-order valence-corrected chi connectivity index (χ0v) is 10.2. The Bertz CT molecular complexity index is 477. The van der Waals surface area contributed by atoms with E-state index in [9.17, 15) is 14.4 Å². The first-order valence-electron chi connectivity index (χ1n) is 5.20. The third kappa shape index (κ3) is 1.66. The van der Waals surface area contributed by atoms with Crippen LogP contribution in [0.25, 0.3) is 0 Å². The van der Waals surface area contributed by atoms with Gasteiger partial charge in [-0.1, -0.05) is 0 Å². The third-order valence-electron chi connectivity index (χ3n) is 2.89. The first-order valence-corrected chi connectivity index (χ1v) is 6.76. The summed E-state index contributed by atoms with van der Waals surface area (Å²) in [5.41, 5.74) is 8.55. The number of fused-ring (bicyclic) bond motifs is 1. The van der Waals surface area contributed by atoms with Crippen LogP contribution in [0.1, 0.15) is 6.42 Å². The van der Waals surface area contributed by atoms with E-state index in [1.54, 1.807) is 0 Å². The molecule has 2 rings (SSSR count). The summed E-state index contributed by atoms with van der Waals surface area (Å²) < 4.78 is 4.69. The lowest BCUT2D eigenvalue weighted by molar-refractivity contribution is -0.152. The van der Waals surface area contributed by atoms with E-state index < -0.39 is 34.0 Å². The van der Waals surface area contributed by atoms with Gasteiger partial charge in [-0.15, -0.1) is 10.5 Å². The molecule has 1 fully saturated rings. The molecular formula is C9H13N3O5S. The van der Waals surface area contributed by atoms with Gasteiger partial charge in [0.25, 0.3) is 5.91 Å². The van der Waals surface area contributed by atoms with Crippen LogP contribution in [0.3, 0.4) is 0 Å². The number of hydrogen-bond acceptors (Lipinski definition) is 5. The van der Waals surface area contributed by atoms with Gasteiger partial charge in [0.05, 0.1) is 4.99 Å².